The number of nitrogens with one attached hydrogen (secondary N) is 1. The summed E-state index contributed by atoms with van der Waals surface area (Å²) in [4.78, 5) is 33.9. The number of carbonyl (C=O) groups excluding carboxylic acids is 2. The number of aryl methyl sites for hydroxylation is 1. The van der Waals surface area contributed by atoms with Crippen LogP contribution < -0.4 is 4.74 Å². The first-order valence-electron chi connectivity index (χ1n) is 13.8. The third-order valence-corrected chi connectivity index (χ3v) is 7.14. The van der Waals surface area contributed by atoms with Crippen molar-refractivity contribution in [3.8, 4) is 5.75 Å². The molecule has 7 heteroatoms. The Morgan fingerprint density at radius 3 is 2.27 bits per heavy atom. The number of aromatic amines is 1. The maximum atomic E-state index is 13.8. The van der Waals surface area contributed by atoms with E-state index in [9.17, 15) is 9.59 Å². The van der Waals surface area contributed by atoms with Gasteiger partial charge in [0.2, 0.25) is 11.8 Å². The van der Waals surface area contributed by atoms with E-state index in [0.717, 1.165) is 27.8 Å². The van der Waals surface area contributed by atoms with Crippen molar-refractivity contribution in [3.05, 3.63) is 102 Å². The Kier molecular flexibility index (Phi) is 10.8. The van der Waals surface area contributed by atoms with Crippen molar-refractivity contribution in [2.45, 2.75) is 32.2 Å². The fourth-order valence-corrected chi connectivity index (χ4v) is 4.85. The first-order chi connectivity index (χ1) is 19.6. The van der Waals surface area contributed by atoms with Crippen LogP contribution in [-0.4, -0.2) is 67.1 Å². The average molecular weight is 542 g/mol. The Morgan fingerprint density at radius 2 is 1.52 bits per heavy atom. The van der Waals surface area contributed by atoms with Crippen molar-refractivity contribution in [1.29, 1.82) is 0 Å². The van der Waals surface area contributed by atoms with Crippen LogP contribution >= 0.6 is 0 Å². The number of benzene rings is 3. The molecule has 0 radical (unpaired) electrons. The molecule has 4 aromatic rings. The molecule has 40 heavy (non-hydrogen) atoms. The zero-order valence-electron chi connectivity index (χ0n) is 23.5. The second kappa shape index (κ2) is 14.9. The van der Waals surface area contributed by atoms with Gasteiger partial charge in [-0.15, -0.1) is 0 Å². The third-order valence-electron chi connectivity index (χ3n) is 7.14. The molecule has 1 heterocycles. The van der Waals surface area contributed by atoms with Crippen LogP contribution in [0.5, 0.6) is 5.75 Å². The fourth-order valence-electron chi connectivity index (χ4n) is 4.85. The lowest BCUT2D eigenvalue weighted by Crippen LogP contribution is -2.44. The molecule has 3 aromatic carbocycles. The summed E-state index contributed by atoms with van der Waals surface area (Å²) < 4.78 is 10.5. The molecule has 210 valence electrons. The summed E-state index contributed by atoms with van der Waals surface area (Å²) in [6.45, 7) is 2.05. The highest BCUT2D eigenvalue weighted by molar-refractivity contribution is 5.85. The highest BCUT2D eigenvalue weighted by Crippen LogP contribution is 2.20. The van der Waals surface area contributed by atoms with E-state index in [1.807, 2.05) is 77.8 Å². The van der Waals surface area contributed by atoms with Crippen molar-refractivity contribution in [2.24, 2.45) is 0 Å². The van der Waals surface area contributed by atoms with E-state index in [1.54, 1.807) is 19.1 Å². The minimum atomic E-state index is -0.0684. The largest absolute Gasteiger partial charge is 0.497 e. The Labute approximate surface area is 236 Å². The topological polar surface area (TPSA) is 74.9 Å². The third kappa shape index (κ3) is 8.20. The van der Waals surface area contributed by atoms with Crippen LogP contribution in [0.3, 0.4) is 0 Å². The van der Waals surface area contributed by atoms with Gasteiger partial charge in [0.15, 0.2) is 0 Å². The molecule has 0 spiro atoms. The number of nitrogens with zero attached hydrogens (tertiary/aromatic N) is 2. The van der Waals surface area contributed by atoms with Crippen LogP contribution in [0.15, 0.2) is 85.1 Å². The molecule has 1 aromatic heterocycles. The second-order valence-electron chi connectivity index (χ2n) is 9.92. The number of aromatic nitrogens is 1. The summed E-state index contributed by atoms with van der Waals surface area (Å²) in [7, 11) is 3.28. The molecule has 0 unspecified atom stereocenters. The Hall–Kier alpha value is -4.10. The Bertz CT molecular complexity index is 1350. The molecular formula is C33H39N3O4. The van der Waals surface area contributed by atoms with Crippen LogP contribution in [0, 0.1) is 0 Å². The molecule has 0 aliphatic rings. The minimum Gasteiger partial charge on any atom is -0.497 e. The molecular weight excluding hydrogens is 502 g/mol. The highest BCUT2D eigenvalue weighted by atomic mass is 16.5. The Morgan fingerprint density at radius 1 is 0.775 bits per heavy atom. The predicted octanol–water partition coefficient (Wildman–Crippen LogP) is 5.25. The summed E-state index contributed by atoms with van der Waals surface area (Å²) in [6.07, 6.45) is 4.40. The summed E-state index contributed by atoms with van der Waals surface area (Å²) in [5, 5.41) is 1.16. The number of hydrogen-bond acceptors (Lipinski definition) is 4. The number of ether oxygens (including phenoxy) is 2. The summed E-state index contributed by atoms with van der Waals surface area (Å²) in [5.41, 5.74) is 4.37. The van der Waals surface area contributed by atoms with Gasteiger partial charge in [-0.3, -0.25) is 9.59 Å². The first-order valence-corrected chi connectivity index (χ1v) is 13.8. The molecule has 7 nitrogen and oxygen atoms in total. The molecule has 0 fully saturated rings. The minimum absolute atomic E-state index is 0.0191. The van der Waals surface area contributed by atoms with Crippen LogP contribution in [0.25, 0.3) is 10.9 Å². The van der Waals surface area contributed by atoms with E-state index in [1.165, 1.54) is 5.56 Å². The van der Waals surface area contributed by atoms with Crippen molar-refractivity contribution in [2.75, 3.05) is 40.5 Å². The number of rotatable bonds is 15. The fraction of sp³-hybridized carbons (Fsp3) is 0.333. The van der Waals surface area contributed by atoms with Gasteiger partial charge in [-0.1, -0.05) is 60.7 Å². The van der Waals surface area contributed by atoms with E-state index in [4.69, 9.17) is 9.47 Å². The van der Waals surface area contributed by atoms with Crippen molar-refractivity contribution in [3.63, 3.8) is 0 Å². The second-order valence-corrected chi connectivity index (χ2v) is 9.92. The van der Waals surface area contributed by atoms with Crippen LogP contribution in [0.4, 0.5) is 0 Å². The molecule has 0 aliphatic heterocycles. The standard InChI is InChI=1S/C33H39N3O4/c1-39-22-8-20-35(32(37)18-15-26-9-4-3-5-10-26)25-33(38)36(24-27-13-16-29(40-2)17-14-27)21-19-28-23-34-31-12-7-6-11-30(28)31/h3-7,9-14,16-17,23,34H,8,15,18-22,24-25H2,1-2H3. The van der Waals surface area contributed by atoms with E-state index in [2.05, 4.69) is 17.1 Å². The normalized spacial score (nSPS) is 10.9. The molecule has 2 amide bonds. The van der Waals surface area contributed by atoms with Gasteiger partial charge >= 0.3 is 0 Å². The van der Waals surface area contributed by atoms with Gasteiger partial charge in [-0.2, -0.15) is 0 Å². The summed E-state index contributed by atoms with van der Waals surface area (Å²) >= 11 is 0. The maximum Gasteiger partial charge on any atom is 0.242 e. The van der Waals surface area contributed by atoms with Crippen LogP contribution in [0.2, 0.25) is 0 Å². The lowest BCUT2D eigenvalue weighted by Gasteiger charge is -2.28. The van der Waals surface area contributed by atoms with E-state index in [0.29, 0.717) is 51.9 Å². The molecule has 0 atom stereocenters. The first kappa shape index (κ1) is 28.9. The zero-order valence-corrected chi connectivity index (χ0v) is 23.5. The van der Waals surface area contributed by atoms with Crippen LogP contribution in [0.1, 0.15) is 29.5 Å². The van der Waals surface area contributed by atoms with Gasteiger partial charge in [0, 0.05) is 56.9 Å². The average Bonchev–Trinajstić information content (AvgIpc) is 3.41. The number of methoxy groups -OCH3 is 2. The van der Waals surface area contributed by atoms with Crippen molar-refractivity contribution in [1.82, 2.24) is 14.8 Å². The van der Waals surface area contributed by atoms with E-state index < -0.39 is 0 Å². The number of amides is 2. The number of fused-ring (bicyclic) bond motifs is 1. The number of hydrogen-bond donors (Lipinski definition) is 1. The molecule has 0 aliphatic carbocycles. The quantitative estimate of drug-likeness (QED) is 0.209. The van der Waals surface area contributed by atoms with Crippen molar-refractivity contribution >= 4 is 22.7 Å². The Balaban J connectivity index is 1.48. The smallest absolute Gasteiger partial charge is 0.242 e. The van der Waals surface area contributed by atoms with E-state index >= 15 is 0 Å². The highest BCUT2D eigenvalue weighted by Gasteiger charge is 2.22. The zero-order chi connectivity index (χ0) is 28.2. The summed E-state index contributed by atoms with van der Waals surface area (Å²) in [6, 6.07) is 25.9. The molecule has 1 N–H and O–H groups in total. The van der Waals surface area contributed by atoms with Gasteiger partial charge in [0.1, 0.15) is 5.75 Å². The molecule has 0 saturated carbocycles. The number of H-pyrrole nitrogens is 1. The van der Waals surface area contributed by atoms with Gasteiger partial charge < -0.3 is 24.3 Å². The number of carbonyl (C=O) groups is 2. The SMILES string of the molecule is COCCCN(CC(=O)N(CCc1c[nH]c2ccccc12)Cc1ccc(OC)cc1)C(=O)CCc1ccccc1. The van der Waals surface area contributed by atoms with Gasteiger partial charge in [0.25, 0.3) is 0 Å². The van der Waals surface area contributed by atoms with E-state index in [-0.39, 0.29) is 18.4 Å². The van der Waals surface area contributed by atoms with Crippen molar-refractivity contribution < 1.29 is 19.1 Å². The maximum absolute atomic E-state index is 13.8. The summed E-state index contributed by atoms with van der Waals surface area (Å²) in [5.74, 6) is 0.684. The van der Waals surface area contributed by atoms with Gasteiger partial charge in [-0.05, 0) is 54.2 Å². The lowest BCUT2D eigenvalue weighted by atomic mass is 10.1. The molecule has 0 bridgehead atoms. The predicted molar refractivity (Wildman–Crippen MR) is 158 cm³/mol. The van der Waals surface area contributed by atoms with Crippen LogP contribution in [-0.2, 0) is 33.7 Å². The molecule has 4 rings (SSSR count). The van der Waals surface area contributed by atoms with Gasteiger partial charge in [-0.25, -0.2) is 0 Å². The number of para-hydroxylation sites is 1. The van der Waals surface area contributed by atoms with Gasteiger partial charge in [0.05, 0.1) is 13.7 Å². The monoisotopic (exact) mass is 541 g/mol. The molecule has 0 saturated heterocycles. The lowest BCUT2D eigenvalue weighted by molar-refractivity contribution is -0.141.